The lowest BCUT2D eigenvalue weighted by Crippen LogP contribution is -2.36. The Kier molecular flexibility index (Phi) is 5.31. The van der Waals surface area contributed by atoms with Crippen molar-refractivity contribution in [1.82, 2.24) is 14.9 Å². The zero-order chi connectivity index (χ0) is 13.5. The highest BCUT2D eigenvalue weighted by atomic mass is 16.2. The Morgan fingerprint density at radius 3 is 2.89 bits per heavy atom. The Labute approximate surface area is 115 Å². The van der Waals surface area contributed by atoms with Crippen molar-refractivity contribution >= 4 is 5.91 Å². The number of aromatic nitrogens is 2. The highest BCUT2D eigenvalue weighted by molar-refractivity contribution is 5.78. The normalized spacial score (nSPS) is 16.9. The molecule has 104 valence electrons. The fourth-order valence-electron chi connectivity index (χ4n) is 2.82. The molecule has 0 aromatic carbocycles. The van der Waals surface area contributed by atoms with Gasteiger partial charge in [0.05, 0.1) is 5.69 Å². The fourth-order valence-corrected chi connectivity index (χ4v) is 2.82. The standard InChI is InChI=1S/C15H23N3O/c1-2-5-14(18-11-4-8-15(18)19)7-3-6-13-12-16-9-10-17-13/h9-10,12,14H,2-8,11H2,1H3. The van der Waals surface area contributed by atoms with E-state index in [1.54, 1.807) is 12.4 Å². The third-order valence-corrected chi connectivity index (χ3v) is 3.76. The first kappa shape index (κ1) is 14.0. The van der Waals surface area contributed by atoms with E-state index in [-0.39, 0.29) is 0 Å². The molecule has 1 fully saturated rings. The summed E-state index contributed by atoms with van der Waals surface area (Å²) in [5.41, 5.74) is 1.05. The molecule has 1 amide bonds. The van der Waals surface area contributed by atoms with Crippen LogP contribution in [0.4, 0.5) is 0 Å². The van der Waals surface area contributed by atoms with E-state index in [0.29, 0.717) is 11.9 Å². The molecule has 4 nitrogen and oxygen atoms in total. The van der Waals surface area contributed by atoms with Crippen LogP contribution in [0.2, 0.25) is 0 Å². The second-order valence-corrected chi connectivity index (χ2v) is 5.22. The van der Waals surface area contributed by atoms with E-state index in [1.165, 1.54) is 0 Å². The molecule has 1 saturated heterocycles. The third-order valence-electron chi connectivity index (χ3n) is 3.76. The highest BCUT2D eigenvalue weighted by Gasteiger charge is 2.26. The van der Waals surface area contributed by atoms with Crippen LogP contribution in [-0.4, -0.2) is 33.4 Å². The first-order chi connectivity index (χ1) is 9.31. The Morgan fingerprint density at radius 1 is 1.37 bits per heavy atom. The predicted molar refractivity (Wildman–Crippen MR) is 74.6 cm³/mol. The number of nitrogens with zero attached hydrogens (tertiary/aromatic N) is 3. The van der Waals surface area contributed by atoms with Gasteiger partial charge in [0.25, 0.3) is 0 Å². The number of amides is 1. The number of hydrogen-bond donors (Lipinski definition) is 0. The summed E-state index contributed by atoms with van der Waals surface area (Å²) in [6.07, 6.45) is 12.4. The summed E-state index contributed by atoms with van der Waals surface area (Å²) in [6.45, 7) is 3.14. The van der Waals surface area contributed by atoms with Crippen LogP contribution in [0.1, 0.15) is 51.1 Å². The van der Waals surface area contributed by atoms with E-state index in [0.717, 1.165) is 57.2 Å². The van der Waals surface area contributed by atoms with Crippen molar-refractivity contribution in [3.63, 3.8) is 0 Å². The second kappa shape index (κ2) is 7.22. The number of carbonyl (C=O) groups excluding carboxylic acids is 1. The van der Waals surface area contributed by atoms with E-state index < -0.39 is 0 Å². The van der Waals surface area contributed by atoms with E-state index in [4.69, 9.17) is 0 Å². The number of carbonyl (C=O) groups is 1. The summed E-state index contributed by atoms with van der Waals surface area (Å²) in [4.78, 5) is 22.3. The summed E-state index contributed by atoms with van der Waals surface area (Å²) in [6, 6.07) is 0.427. The topological polar surface area (TPSA) is 46.1 Å². The zero-order valence-corrected chi connectivity index (χ0v) is 11.7. The van der Waals surface area contributed by atoms with Crippen LogP contribution in [0.3, 0.4) is 0 Å². The van der Waals surface area contributed by atoms with E-state index in [9.17, 15) is 4.79 Å². The molecular weight excluding hydrogens is 238 g/mol. The predicted octanol–water partition coefficient (Wildman–Crippen LogP) is 2.59. The Bertz CT molecular complexity index is 394. The van der Waals surface area contributed by atoms with Gasteiger partial charge in [0.1, 0.15) is 0 Å². The maximum atomic E-state index is 11.8. The lowest BCUT2D eigenvalue weighted by molar-refractivity contribution is -0.129. The largest absolute Gasteiger partial charge is 0.340 e. The van der Waals surface area contributed by atoms with Gasteiger partial charge in [0, 0.05) is 37.6 Å². The minimum Gasteiger partial charge on any atom is -0.340 e. The first-order valence-corrected chi connectivity index (χ1v) is 7.35. The number of likely N-dealkylation sites (tertiary alicyclic amines) is 1. The lowest BCUT2D eigenvalue weighted by Gasteiger charge is -2.27. The molecule has 4 heteroatoms. The molecule has 1 atom stereocenters. The molecule has 2 rings (SSSR count). The molecular formula is C15H23N3O. The van der Waals surface area contributed by atoms with Crippen LogP contribution in [0.15, 0.2) is 18.6 Å². The molecule has 0 aliphatic carbocycles. The molecule has 1 aromatic rings. The van der Waals surface area contributed by atoms with Gasteiger partial charge in [-0.3, -0.25) is 14.8 Å². The van der Waals surface area contributed by atoms with Gasteiger partial charge in [-0.2, -0.15) is 0 Å². The highest BCUT2D eigenvalue weighted by Crippen LogP contribution is 2.21. The van der Waals surface area contributed by atoms with Gasteiger partial charge >= 0.3 is 0 Å². The minimum absolute atomic E-state index is 0.345. The summed E-state index contributed by atoms with van der Waals surface area (Å²) >= 11 is 0. The van der Waals surface area contributed by atoms with Crippen LogP contribution in [0.25, 0.3) is 0 Å². The van der Waals surface area contributed by atoms with Gasteiger partial charge < -0.3 is 4.90 Å². The molecule has 19 heavy (non-hydrogen) atoms. The van der Waals surface area contributed by atoms with E-state index in [2.05, 4.69) is 21.8 Å². The zero-order valence-electron chi connectivity index (χ0n) is 11.7. The van der Waals surface area contributed by atoms with Crippen molar-refractivity contribution < 1.29 is 4.79 Å². The quantitative estimate of drug-likeness (QED) is 0.758. The molecule has 0 bridgehead atoms. The molecule has 1 aliphatic heterocycles. The van der Waals surface area contributed by atoms with Gasteiger partial charge in [-0.25, -0.2) is 0 Å². The van der Waals surface area contributed by atoms with Crippen LogP contribution < -0.4 is 0 Å². The van der Waals surface area contributed by atoms with Crippen LogP contribution in [0.5, 0.6) is 0 Å². The minimum atomic E-state index is 0.345. The smallest absolute Gasteiger partial charge is 0.222 e. The average Bonchev–Trinajstić information content (AvgIpc) is 2.85. The van der Waals surface area contributed by atoms with Crippen LogP contribution in [0, 0.1) is 0 Å². The van der Waals surface area contributed by atoms with Gasteiger partial charge in [0.2, 0.25) is 5.91 Å². The summed E-state index contributed by atoms with van der Waals surface area (Å²) in [5, 5.41) is 0. The molecule has 0 N–H and O–H groups in total. The van der Waals surface area contributed by atoms with Gasteiger partial charge in [-0.1, -0.05) is 13.3 Å². The maximum absolute atomic E-state index is 11.8. The van der Waals surface area contributed by atoms with E-state index in [1.807, 2.05) is 6.20 Å². The summed E-state index contributed by atoms with van der Waals surface area (Å²) in [7, 11) is 0. The summed E-state index contributed by atoms with van der Waals surface area (Å²) in [5.74, 6) is 0.345. The first-order valence-electron chi connectivity index (χ1n) is 7.35. The average molecular weight is 261 g/mol. The molecule has 1 aromatic heterocycles. The maximum Gasteiger partial charge on any atom is 0.222 e. The van der Waals surface area contributed by atoms with Crippen molar-refractivity contribution in [1.29, 1.82) is 0 Å². The van der Waals surface area contributed by atoms with Crippen molar-refractivity contribution in [3.05, 3.63) is 24.3 Å². The van der Waals surface area contributed by atoms with E-state index >= 15 is 0 Å². The molecule has 1 aliphatic rings. The second-order valence-electron chi connectivity index (χ2n) is 5.22. The third kappa shape index (κ3) is 4.01. The molecule has 1 unspecified atom stereocenters. The lowest BCUT2D eigenvalue weighted by atomic mass is 10.0. The van der Waals surface area contributed by atoms with Gasteiger partial charge in [-0.05, 0) is 32.1 Å². The van der Waals surface area contributed by atoms with Crippen molar-refractivity contribution in [2.75, 3.05) is 6.54 Å². The fraction of sp³-hybridized carbons (Fsp3) is 0.667. The van der Waals surface area contributed by atoms with Crippen molar-refractivity contribution in [2.45, 2.75) is 57.9 Å². The number of rotatable bonds is 7. The van der Waals surface area contributed by atoms with Gasteiger partial charge in [0.15, 0.2) is 0 Å². The van der Waals surface area contributed by atoms with Crippen molar-refractivity contribution in [2.24, 2.45) is 0 Å². The Balaban J connectivity index is 1.82. The Morgan fingerprint density at radius 2 is 2.26 bits per heavy atom. The number of hydrogen-bond acceptors (Lipinski definition) is 3. The van der Waals surface area contributed by atoms with Crippen LogP contribution in [-0.2, 0) is 11.2 Å². The molecule has 2 heterocycles. The molecule has 0 spiro atoms. The SMILES string of the molecule is CCCC(CCCc1cnccn1)N1CCCC1=O. The molecule has 0 saturated carbocycles. The monoisotopic (exact) mass is 261 g/mol. The molecule has 0 radical (unpaired) electrons. The number of aryl methyl sites for hydroxylation is 1. The summed E-state index contributed by atoms with van der Waals surface area (Å²) < 4.78 is 0. The van der Waals surface area contributed by atoms with Crippen molar-refractivity contribution in [3.8, 4) is 0 Å². The van der Waals surface area contributed by atoms with Gasteiger partial charge in [-0.15, -0.1) is 0 Å². The van der Waals surface area contributed by atoms with Crippen LogP contribution >= 0.6 is 0 Å². The Hall–Kier alpha value is -1.45.